The minimum atomic E-state index is -1.41. The first-order chi connectivity index (χ1) is 9.09. The molecule has 0 saturated heterocycles. The molecule has 2 atom stereocenters. The quantitative estimate of drug-likeness (QED) is 0.571. The van der Waals surface area contributed by atoms with Crippen molar-refractivity contribution in [3.8, 4) is 22.9 Å². The second kappa shape index (κ2) is 8.69. The Hall–Kier alpha value is -0.526. The van der Waals surface area contributed by atoms with Gasteiger partial charge in [0.05, 0.1) is 0 Å². The van der Waals surface area contributed by atoms with Gasteiger partial charge in [-0.05, 0) is 13.8 Å². The normalized spacial score (nSPS) is 14.6. The summed E-state index contributed by atoms with van der Waals surface area (Å²) < 4.78 is 11.5. The van der Waals surface area contributed by atoms with E-state index in [2.05, 4.69) is 62.2 Å². The fourth-order valence-electron chi connectivity index (χ4n) is 1.34. The number of ether oxygens (including phenoxy) is 2. The molecule has 0 aliphatic heterocycles. The van der Waals surface area contributed by atoms with Crippen molar-refractivity contribution in [1.29, 1.82) is 0 Å². The third kappa shape index (κ3) is 10.3. The first-order valence-electron chi connectivity index (χ1n) is 7.37. The van der Waals surface area contributed by atoms with Gasteiger partial charge in [0.2, 0.25) is 0 Å². The van der Waals surface area contributed by atoms with Gasteiger partial charge in [-0.1, -0.05) is 51.1 Å². The van der Waals surface area contributed by atoms with Crippen LogP contribution in [0.3, 0.4) is 0 Å². The third-order valence-corrected chi connectivity index (χ3v) is 3.93. The molecule has 0 aromatic rings. The minimum Gasteiger partial charge on any atom is -0.362 e. The zero-order chi connectivity index (χ0) is 15.8. The molecule has 0 aromatic carbocycles. The van der Waals surface area contributed by atoms with Gasteiger partial charge >= 0.3 is 0 Å². The van der Waals surface area contributed by atoms with E-state index >= 15 is 0 Å². The maximum atomic E-state index is 5.75. The average Bonchev–Trinajstić information content (AvgIpc) is 2.28. The smallest absolute Gasteiger partial charge is 0.154 e. The lowest BCUT2D eigenvalue weighted by Gasteiger charge is -2.19. The topological polar surface area (TPSA) is 18.5 Å². The zero-order valence-corrected chi connectivity index (χ0v) is 16.4. The molecule has 2 nitrogen and oxygen atoms in total. The van der Waals surface area contributed by atoms with Gasteiger partial charge in [-0.2, -0.15) is 0 Å². The van der Waals surface area contributed by atoms with Gasteiger partial charge in [0.25, 0.3) is 0 Å². The first kappa shape index (κ1) is 19.5. The van der Waals surface area contributed by atoms with Crippen molar-refractivity contribution in [2.75, 3.05) is 13.2 Å². The molecule has 0 fully saturated rings. The lowest BCUT2D eigenvalue weighted by Crippen LogP contribution is -2.31. The van der Waals surface area contributed by atoms with E-state index in [-0.39, 0.29) is 12.2 Å². The average molecular weight is 311 g/mol. The second-order valence-corrected chi connectivity index (χ2v) is 16.3. The maximum Gasteiger partial charge on any atom is 0.154 e. The molecule has 20 heavy (non-hydrogen) atoms. The van der Waals surface area contributed by atoms with Crippen molar-refractivity contribution in [2.45, 2.75) is 65.3 Å². The molecule has 0 bridgehead atoms. The van der Waals surface area contributed by atoms with Gasteiger partial charge in [-0.3, -0.25) is 0 Å². The molecule has 0 saturated carbocycles. The molecule has 0 spiro atoms. The molecular formula is C16H30O2Si2. The predicted octanol–water partition coefficient (Wildman–Crippen LogP) is 3.56. The van der Waals surface area contributed by atoms with Gasteiger partial charge in [-0.25, -0.2) is 0 Å². The van der Waals surface area contributed by atoms with E-state index in [1.165, 1.54) is 0 Å². The molecule has 0 N–H and O–H groups in total. The van der Waals surface area contributed by atoms with E-state index < -0.39 is 16.1 Å². The number of rotatable bonds is 5. The summed E-state index contributed by atoms with van der Waals surface area (Å²) in [6.07, 6.45) is -0.481. The SMILES string of the molecule is CCO[C@H](C#C[Si](C)(C)C)[C@@H](C#C[Si](C)(C)C)OCC. The highest BCUT2D eigenvalue weighted by Gasteiger charge is 2.20. The monoisotopic (exact) mass is 310 g/mol. The minimum absolute atomic E-state index is 0.240. The lowest BCUT2D eigenvalue weighted by molar-refractivity contribution is -0.0117. The highest BCUT2D eigenvalue weighted by atomic mass is 28.3. The highest BCUT2D eigenvalue weighted by molar-refractivity contribution is 6.84. The van der Waals surface area contributed by atoms with Gasteiger partial charge < -0.3 is 9.47 Å². The van der Waals surface area contributed by atoms with Crippen molar-refractivity contribution >= 4 is 16.1 Å². The molecule has 0 rings (SSSR count). The van der Waals surface area contributed by atoms with Crippen LogP contribution in [0.1, 0.15) is 13.8 Å². The Balaban J connectivity index is 5.21. The maximum absolute atomic E-state index is 5.75. The summed E-state index contributed by atoms with van der Waals surface area (Å²) in [6, 6.07) is 0. The van der Waals surface area contributed by atoms with Gasteiger partial charge in [0.1, 0.15) is 16.1 Å². The van der Waals surface area contributed by atoms with Crippen LogP contribution in [0.25, 0.3) is 0 Å². The van der Waals surface area contributed by atoms with Crippen LogP contribution in [0, 0.1) is 22.9 Å². The fraction of sp³-hybridized carbons (Fsp3) is 0.750. The Labute approximate surface area is 127 Å². The Bertz CT molecular complexity index is 357. The van der Waals surface area contributed by atoms with E-state index in [1.807, 2.05) is 13.8 Å². The van der Waals surface area contributed by atoms with Crippen LogP contribution in [-0.2, 0) is 9.47 Å². The third-order valence-electron chi connectivity index (χ3n) is 2.15. The molecule has 0 aliphatic rings. The van der Waals surface area contributed by atoms with Crippen LogP contribution in [0.4, 0.5) is 0 Å². The summed E-state index contributed by atoms with van der Waals surface area (Å²) in [5.41, 5.74) is 6.74. The van der Waals surface area contributed by atoms with Crippen LogP contribution >= 0.6 is 0 Å². The number of hydrogen-bond acceptors (Lipinski definition) is 2. The second-order valence-electron chi connectivity index (χ2n) is 6.79. The molecule has 0 unspecified atom stereocenters. The van der Waals surface area contributed by atoms with E-state index in [0.29, 0.717) is 13.2 Å². The Morgan fingerprint density at radius 1 is 0.700 bits per heavy atom. The van der Waals surface area contributed by atoms with Crippen LogP contribution in [0.2, 0.25) is 39.3 Å². The van der Waals surface area contributed by atoms with Crippen molar-refractivity contribution in [2.24, 2.45) is 0 Å². The zero-order valence-electron chi connectivity index (χ0n) is 14.4. The molecule has 0 aromatic heterocycles. The standard InChI is InChI=1S/C16H30O2Si2/c1-9-17-15(11-13-19(3,4)5)16(18-10-2)12-14-20(6,7)8/h15-16H,9-10H2,1-8H3/t15-,16-/m1/s1. The van der Waals surface area contributed by atoms with Gasteiger partial charge in [0.15, 0.2) is 12.2 Å². The Kier molecular flexibility index (Phi) is 8.46. The van der Waals surface area contributed by atoms with Crippen molar-refractivity contribution < 1.29 is 9.47 Å². The Morgan fingerprint density at radius 2 is 1.00 bits per heavy atom. The summed E-state index contributed by atoms with van der Waals surface area (Å²) in [5, 5.41) is 0. The van der Waals surface area contributed by atoms with E-state index in [1.54, 1.807) is 0 Å². The first-order valence-corrected chi connectivity index (χ1v) is 14.4. The summed E-state index contributed by atoms with van der Waals surface area (Å²) in [6.45, 7) is 18.6. The van der Waals surface area contributed by atoms with E-state index in [0.717, 1.165) is 0 Å². The van der Waals surface area contributed by atoms with Gasteiger partial charge in [-0.15, -0.1) is 11.1 Å². The molecule has 0 heterocycles. The van der Waals surface area contributed by atoms with Crippen molar-refractivity contribution in [3.05, 3.63) is 0 Å². The molecule has 4 heteroatoms. The molecule has 114 valence electrons. The highest BCUT2D eigenvalue weighted by Crippen LogP contribution is 2.07. The van der Waals surface area contributed by atoms with Gasteiger partial charge in [0, 0.05) is 13.2 Å². The fourth-order valence-corrected chi connectivity index (χ4v) is 2.49. The molecule has 0 radical (unpaired) electrons. The van der Waals surface area contributed by atoms with Crippen LogP contribution in [0.5, 0.6) is 0 Å². The summed E-state index contributed by atoms with van der Waals surface area (Å²) in [4.78, 5) is 0. The summed E-state index contributed by atoms with van der Waals surface area (Å²) in [5.74, 6) is 6.52. The largest absolute Gasteiger partial charge is 0.362 e. The van der Waals surface area contributed by atoms with Crippen molar-refractivity contribution in [3.63, 3.8) is 0 Å². The molecular weight excluding hydrogens is 280 g/mol. The predicted molar refractivity (Wildman–Crippen MR) is 93.1 cm³/mol. The number of hydrogen-bond donors (Lipinski definition) is 0. The summed E-state index contributed by atoms with van der Waals surface area (Å²) in [7, 11) is -2.83. The van der Waals surface area contributed by atoms with Crippen LogP contribution in [-0.4, -0.2) is 41.6 Å². The van der Waals surface area contributed by atoms with E-state index in [4.69, 9.17) is 9.47 Å². The molecule has 0 amide bonds. The lowest BCUT2D eigenvalue weighted by atomic mass is 10.2. The summed E-state index contributed by atoms with van der Waals surface area (Å²) >= 11 is 0. The van der Waals surface area contributed by atoms with Crippen molar-refractivity contribution in [1.82, 2.24) is 0 Å². The van der Waals surface area contributed by atoms with Crippen LogP contribution in [0.15, 0.2) is 0 Å². The Morgan fingerprint density at radius 3 is 1.20 bits per heavy atom. The van der Waals surface area contributed by atoms with E-state index in [9.17, 15) is 0 Å². The molecule has 0 aliphatic carbocycles. The van der Waals surface area contributed by atoms with Crippen LogP contribution < -0.4 is 0 Å².